The van der Waals surface area contributed by atoms with Crippen LogP contribution in [0.5, 0.6) is 0 Å². The van der Waals surface area contributed by atoms with Crippen LogP contribution in [-0.4, -0.2) is 69.6 Å². The van der Waals surface area contributed by atoms with Crippen LogP contribution in [-0.2, 0) is 11.2 Å². The summed E-state index contributed by atoms with van der Waals surface area (Å²) in [5, 5.41) is 14.3. The summed E-state index contributed by atoms with van der Waals surface area (Å²) in [4.78, 5) is 17.8. The van der Waals surface area contributed by atoms with Crippen LogP contribution in [0.2, 0.25) is 0 Å². The summed E-state index contributed by atoms with van der Waals surface area (Å²) in [5.41, 5.74) is 3.41. The number of carbonyl (C=O) groups excluding carboxylic acids is 1. The predicted molar refractivity (Wildman–Crippen MR) is 103 cm³/mol. The molecule has 1 aromatic carbocycles. The maximum Gasteiger partial charge on any atom is 0.230 e. The van der Waals surface area contributed by atoms with Crippen molar-refractivity contribution in [2.24, 2.45) is 0 Å². The number of aryl methyl sites for hydroxylation is 1. The Morgan fingerprint density at radius 3 is 2.96 bits per heavy atom. The summed E-state index contributed by atoms with van der Waals surface area (Å²) >= 11 is 0. The normalized spacial score (nSPS) is 22.3. The largest absolute Gasteiger partial charge is 0.339 e. The minimum atomic E-state index is -0.00646. The molecule has 1 aromatic heterocycles. The van der Waals surface area contributed by atoms with E-state index >= 15 is 0 Å². The first-order valence-corrected chi connectivity index (χ1v) is 9.95. The molecule has 0 bridgehead atoms. The van der Waals surface area contributed by atoms with Gasteiger partial charge >= 0.3 is 0 Å². The first-order chi connectivity index (χ1) is 13.1. The highest BCUT2D eigenvalue weighted by molar-refractivity contribution is 5.85. The molecule has 27 heavy (non-hydrogen) atoms. The van der Waals surface area contributed by atoms with Gasteiger partial charge < -0.3 is 9.80 Å². The SMILES string of the molecule is CN(C)CCC1CCCN1C(=O)C1CCCc2cc(-c3nn[nH]n3)ccc21. The van der Waals surface area contributed by atoms with Crippen LogP contribution in [0.1, 0.15) is 49.1 Å². The molecule has 2 aromatic rings. The Kier molecular flexibility index (Phi) is 5.20. The van der Waals surface area contributed by atoms with Crippen molar-refractivity contribution in [1.82, 2.24) is 30.4 Å². The van der Waals surface area contributed by atoms with E-state index in [2.05, 4.69) is 56.7 Å². The topological polar surface area (TPSA) is 78.0 Å². The molecule has 2 atom stereocenters. The van der Waals surface area contributed by atoms with Gasteiger partial charge in [-0.25, -0.2) is 0 Å². The van der Waals surface area contributed by atoms with Gasteiger partial charge in [-0.3, -0.25) is 4.79 Å². The molecule has 1 N–H and O–H groups in total. The maximum absolute atomic E-state index is 13.4. The third kappa shape index (κ3) is 3.74. The summed E-state index contributed by atoms with van der Waals surface area (Å²) in [7, 11) is 4.19. The average Bonchev–Trinajstić information content (AvgIpc) is 3.36. The van der Waals surface area contributed by atoms with Gasteiger partial charge in [0.2, 0.25) is 11.7 Å². The Morgan fingerprint density at radius 1 is 1.30 bits per heavy atom. The number of nitrogens with zero attached hydrogens (tertiary/aromatic N) is 5. The van der Waals surface area contributed by atoms with E-state index in [4.69, 9.17) is 0 Å². The first kappa shape index (κ1) is 18.1. The number of H-pyrrole nitrogens is 1. The van der Waals surface area contributed by atoms with Crippen LogP contribution < -0.4 is 0 Å². The van der Waals surface area contributed by atoms with E-state index in [0.717, 1.165) is 57.2 Å². The molecule has 1 aliphatic heterocycles. The molecule has 0 radical (unpaired) electrons. The van der Waals surface area contributed by atoms with Gasteiger partial charge in [-0.15, -0.1) is 10.2 Å². The summed E-state index contributed by atoms with van der Waals surface area (Å²) in [6.45, 7) is 1.94. The number of rotatable bonds is 5. The highest BCUT2D eigenvalue weighted by Crippen LogP contribution is 2.36. The molecular weight excluding hydrogens is 340 g/mol. The molecular formula is C20H28N6O. The van der Waals surface area contributed by atoms with Crippen LogP contribution in [0.4, 0.5) is 0 Å². The fourth-order valence-electron chi connectivity index (χ4n) is 4.53. The standard InChI is InChI=1S/C20H28N6O/c1-25(2)12-10-16-6-4-11-26(16)20(27)18-7-3-5-14-13-15(8-9-17(14)18)19-21-23-24-22-19/h8-9,13,16,18H,3-7,10-12H2,1-2H3,(H,21,22,23,24). The number of likely N-dealkylation sites (tertiary alicyclic amines) is 1. The van der Waals surface area contributed by atoms with E-state index in [1.54, 1.807) is 0 Å². The number of carbonyl (C=O) groups is 1. The summed E-state index contributed by atoms with van der Waals surface area (Å²) in [5.74, 6) is 0.923. The molecule has 4 rings (SSSR count). The van der Waals surface area contributed by atoms with Crippen LogP contribution >= 0.6 is 0 Å². The van der Waals surface area contributed by atoms with Gasteiger partial charge in [0.25, 0.3) is 0 Å². The molecule has 144 valence electrons. The number of tetrazole rings is 1. The molecule has 1 saturated heterocycles. The average molecular weight is 368 g/mol. The Morgan fingerprint density at radius 2 is 2.19 bits per heavy atom. The third-order valence-corrected chi connectivity index (χ3v) is 5.93. The van der Waals surface area contributed by atoms with Crippen molar-refractivity contribution in [3.8, 4) is 11.4 Å². The number of fused-ring (bicyclic) bond motifs is 1. The predicted octanol–water partition coefficient (Wildman–Crippen LogP) is 2.23. The third-order valence-electron chi connectivity index (χ3n) is 5.93. The Balaban J connectivity index is 1.54. The molecule has 1 aliphatic carbocycles. The molecule has 1 amide bonds. The Labute approximate surface area is 160 Å². The molecule has 1 fully saturated rings. The molecule has 7 heteroatoms. The Hall–Kier alpha value is -2.28. The maximum atomic E-state index is 13.4. The van der Waals surface area contributed by atoms with Crippen LogP contribution in [0.15, 0.2) is 18.2 Å². The molecule has 2 unspecified atom stereocenters. The van der Waals surface area contributed by atoms with Gasteiger partial charge in [0.05, 0.1) is 5.92 Å². The number of hydrogen-bond donors (Lipinski definition) is 1. The number of aromatic nitrogens is 4. The van der Waals surface area contributed by atoms with Crippen molar-refractivity contribution in [2.45, 2.75) is 50.5 Å². The monoisotopic (exact) mass is 368 g/mol. The second-order valence-electron chi connectivity index (χ2n) is 8.01. The van der Waals surface area contributed by atoms with Crippen molar-refractivity contribution in [2.75, 3.05) is 27.2 Å². The van der Waals surface area contributed by atoms with Gasteiger partial charge in [0.1, 0.15) is 0 Å². The lowest BCUT2D eigenvalue weighted by Gasteiger charge is -2.32. The van der Waals surface area contributed by atoms with Crippen molar-refractivity contribution in [1.29, 1.82) is 0 Å². The van der Waals surface area contributed by atoms with Gasteiger partial charge in [0.15, 0.2) is 0 Å². The van der Waals surface area contributed by atoms with Crippen LogP contribution in [0, 0.1) is 0 Å². The van der Waals surface area contributed by atoms with Gasteiger partial charge in [0, 0.05) is 18.2 Å². The zero-order valence-corrected chi connectivity index (χ0v) is 16.2. The van der Waals surface area contributed by atoms with E-state index in [-0.39, 0.29) is 5.92 Å². The smallest absolute Gasteiger partial charge is 0.230 e. The fraction of sp³-hybridized carbons (Fsp3) is 0.600. The zero-order chi connectivity index (χ0) is 18.8. The number of benzene rings is 1. The summed E-state index contributed by atoms with van der Waals surface area (Å²) < 4.78 is 0. The summed E-state index contributed by atoms with van der Waals surface area (Å²) in [6.07, 6.45) is 6.33. The van der Waals surface area contributed by atoms with Crippen molar-refractivity contribution >= 4 is 5.91 Å². The molecule has 2 aliphatic rings. The fourth-order valence-corrected chi connectivity index (χ4v) is 4.53. The summed E-state index contributed by atoms with van der Waals surface area (Å²) in [6, 6.07) is 6.65. The Bertz CT molecular complexity index is 788. The number of hydrogen-bond acceptors (Lipinski definition) is 5. The second-order valence-corrected chi connectivity index (χ2v) is 8.01. The second kappa shape index (κ2) is 7.76. The minimum Gasteiger partial charge on any atom is -0.339 e. The van der Waals surface area contributed by atoms with Crippen molar-refractivity contribution in [3.05, 3.63) is 29.3 Å². The molecule has 0 spiro atoms. The quantitative estimate of drug-likeness (QED) is 0.876. The van der Waals surface area contributed by atoms with E-state index in [1.807, 2.05) is 6.07 Å². The first-order valence-electron chi connectivity index (χ1n) is 9.95. The number of amides is 1. The lowest BCUT2D eigenvalue weighted by Crippen LogP contribution is -2.40. The van der Waals surface area contributed by atoms with E-state index in [9.17, 15) is 4.79 Å². The number of aromatic amines is 1. The zero-order valence-electron chi connectivity index (χ0n) is 16.2. The van der Waals surface area contributed by atoms with E-state index in [0.29, 0.717) is 17.8 Å². The van der Waals surface area contributed by atoms with Crippen molar-refractivity contribution in [3.63, 3.8) is 0 Å². The van der Waals surface area contributed by atoms with Gasteiger partial charge in [-0.2, -0.15) is 5.21 Å². The number of nitrogens with one attached hydrogen (secondary N) is 1. The molecule has 2 heterocycles. The van der Waals surface area contributed by atoms with Gasteiger partial charge in [-0.1, -0.05) is 12.1 Å². The highest BCUT2D eigenvalue weighted by Gasteiger charge is 2.35. The van der Waals surface area contributed by atoms with Crippen LogP contribution in [0.3, 0.4) is 0 Å². The minimum absolute atomic E-state index is 0.00646. The lowest BCUT2D eigenvalue weighted by atomic mass is 9.81. The van der Waals surface area contributed by atoms with Crippen molar-refractivity contribution < 1.29 is 4.79 Å². The molecule has 0 saturated carbocycles. The highest BCUT2D eigenvalue weighted by atomic mass is 16.2. The van der Waals surface area contributed by atoms with Crippen LogP contribution in [0.25, 0.3) is 11.4 Å². The van der Waals surface area contributed by atoms with Gasteiger partial charge in [-0.05, 0) is 81.6 Å². The molecule has 7 nitrogen and oxygen atoms in total. The van der Waals surface area contributed by atoms with E-state index < -0.39 is 0 Å². The lowest BCUT2D eigenvalue weighted by molar-refractivity contribution is -0.134. The van der Waals surface area contributed by atoms with E-state index in [1.165, 1.54) is 11.1 Å².